The van der Waals surface area contributed by atoms with Gasteiger partial charge in [0.2, 0.25) is 11.8 Å². The number of aromatic nitrogens is 1. The number of piperazine rings is 1. The molecule has 122 valence electrons. The van der Waals surface area contributed by atoms with Gasteiger partial charge in [0.05, 0.1) is 16.8 Å². The maximum atomic E-state index is 12.4. The minimum atomic E-state index is 0.0729. The van der Waals surface area contributed by atoms with Gasteiger partial charge in [-0.3, -0.25) is 9.59 Å². The van der Waals surface area contributed by atoms with Crippen molar-refractivity contribution < 1.29 is 9.59 Å². The van der Waals surface area contributed by atoms with E-state index in [1.54, 1.807) is 23.2 Å². The van der Waals surface area contributed by atoms with Crippen molar-refractivity contribution in [3.05, 3.63) is 24.3 Å². The van der Waals surface area contributed by atoms with Crippen molar-refractivity contribution in [2.24, 2.45) is 0 Å². The molecule has 1 saturated heterocycles. The summed E-state index contributed by atoms with van der Waals surface area (Å²) in [7, 11) is 1.89. The number of likely N-dealkylation sites (N-methyl/N-ethyl adjacent to an activating group) is 1. The SMILES string of the molecule is CC(=O)N1CCN(C(=O)CN(C)c2nc3ccccc3s2)CC1. The third kappa shape index (κ3) is 3.44. The zero-order valence-electron chi connectivity index (χ0n) is 13.4. The standard InChI is InChI=1S/C16H20N4O2S/c1-12(21)19-7-9-20(10-8-19)15(22)11-18(2)16-17-13-5-3-4-6-14(13)23-16/h3-6H,7-11H2,1-2H3. The topological polar surface area (TPSA) is 56.8 Å². The van der Waals surface area contributed by atoms with Gasteiger partial charge in [-0.25, -0.2) is 4.98 Å². The van der Waals surface area contributed by atoms with Crippen molar-refractivity contribution >= 4 is 38.5 Å². The summed E-state index contributed by atoms with van der Waals surface area (Å²) < 4.78 is 1.12. The molecular weight excluding hydrogens is 312 g/mol. The molecule has 0 atom stereocenters. The highest BCUT2D eigenvalue weighted by molar-refractivity contribution is 7.22. The van der Waals surface area contributed by atoms with Crippen LogP contribution in [0.5, 0.6) is 0 Å². The van der Waals surface area contributed by atoms with E-state index in [0.717, 1.165) is 15.3 Å². The minimum absolute atomic E-state index is 0.0729. The van der Waals surface area contributed by atoms with Crippen LogP contribution in [0.2, 0.25) is 0 Å². The van der Waals surface area contributed by atoms with E-state index in [9.17, 15) is 9.59 Å². The van der Waals surface area contributed by atoms with Gasteiger partial charge in [0, 0.05) is 40.2 Å². The molecule has 7 heteroatoms. The molecule has 1 aliphatic rings. The number of nitrogens with zero attached hydrogens (tertiary/aromatic N) is 4. The highest BCUT2D eigenvalue weighted by Gasteiger charge is 2.23. The Labute approximate surface area is 139 Å². The quantitative estimate of drug-likeness (QED) is 0.853. The first-order valence-corrected chi connectivity index (χ1v) is 8.46. The molecule has 1 fully saturated rings. The molecule has 1 aliphatic heterocycles. The largest absolute Gasteiger partial charge is 0.342 e. The van der Waals surface area contributed by atoms with E-state index in [1.165, 1.54) is 0 Å². The number of fused-ring (bicyclic) bond motifs is 1. The van der Waals surface area contributed by atoms with Crippen molar-refractivity contribution in [1.29, 1.82) is 0 Å². The number of benzene rings is 1. The van der Waals surface area contributed by atoms with Crippen LogP contribution in [0.4, 0.5) is 5.13 Å². The summed E-state index contributed by atoms with van der Waals surface area (Å²) in [6.07, 6.45) is 0. The molecule has 0 spiro atoms. The van der Waals surface area contributed by atoms with E-state index >= 15 is 0 Å². The van der Waals surface area contributed by atoms with Gasteiger partial charge in [0.25, 0.3) is 0 Å². The van der Waals surface area contributed by atoms with Crippen LogP contribution in [0.3, 0.4) is 0 Å². The lowest BCUT2D eigenvalue weighted by atomic mass is 10.3. The maximum absolute atomic E-state index is 12.4. The average molecular weight is 332 g/mol. The van der Waals surface area contributed by atoms with Crippen LogP contribution in [-0.2, 0) is 9.59 Å². The summed E-state index contributed by atoms with van der Waals surface area (Å²) >= 11 is 1.59. The van der Waals surface area contributed by atoms with Gasteiger partial charge in [0.15, 0.2) is 5.13 Å². The second-order valence-electron chi connectivity index (χ2n) is 5.71. The maximum Gasteiger partial charge on any atom is 0.242 e. The molecule has 2 aromatic rings. The highest BCUT2D eigenvalue weighted by atomic mass is 32.1. The number of carbonyl (C=O) groups is 2. The minimum Gasteiger partial charge on any atom is -0.342 e. The Bertz CT molecular complexity index is 689. The molecule has 0 radical (unpaired) electrons. The summed E-state index contributed by atoms with van der Waals surface area (Å²) in [5.41, 5.74) is 0.960. The Kier molecular flexibility index (Phi) is 4.47. The van der Waals surface area contributed by atoms with Crippen LogP contribution in [0.25, 0.3) is 10.2 Å². The third-order valence-corrected chi connectivity index (χ3v) is 5.21. The lowest BCUT2D eigenvalue weighted by molar-refractivity contribution is -0.137. The van der Waals surface area contributed by atoms with E-state index in [1.807, 2.05) is 41.1 Å². The van der Waals surface area contributed by atoms with Crippen molar-refractivity contribution in [1.82, 2.24) is 14.8 Å². The first-order valence-electron chi connectivity index (χ1n) is 7.64. The summed E-state index contributed by atoms with van der Waals surface area (Å²) in [6.45, 7) is 4.31. The van der Waals surface area contributed by atoms with Crippen molar-refractivity contribution in [2.45, 2.75) is 6.92 Å². The fraction of sp³-hybridized carbons (Fsp3) is 0.438. The van der Waals surface area contributed by atoms with Crippen LogP contribution in [0.1, 0.15) is 6.92 Å². The number of carbonyl (C=O) groups excluding carboxylic acids is 2. The fourth-order valence-electron chi connectivity index (χ4n) is 2.66. The predicted octanol–water partition coefficient (Wildman–Crippen LogP) is 1.42. The van der Waals surface area contributed by atoms with Crippen LogP contribution in [0, 0.1) is 0 Å². The molecular formula is C16H20N4O2S. The van der Waals surface area contributed by atoms with E-state index in [2.05, 4.69) is 4.98 Å². The van der Waals surface area contributed by atoms with E-state index in [4.69, 9.17) is 0 Å². The van der Waals surface area contributed by atoms with Gasteiger partial charge in [-0.15, -0.1) is 0 Å². The summed E-state index contributed by atoms with van der Waals surface area (Å²) in [5, 5.41) is 0.849. The zero-order chi connectivity index (χ0) is 16.4. The normalized spacial score (nSPS) is 15.0. The summed E-state index contributed by atoms with van der Waals surface area (Å²) in [4.78, 5) is 33.8. The van der Waals surface area contributed by atoms with Crippen molar-refractivity contribution in [2.75, 3.05) is 44.7 Å². The van der Waals surface area contributed by atoms with Gasteiger partial charge in [-0.05, 0) is 12.1 Å². The van der Waals surface area contributed by atoms with Gasteiger partial charge in [-0.2, -0.15) is 0 Å². The van der Waals surface area contributed by atoms with Crippen molar-refractivity contribution in [3.8, 4) is 0 Å². The number of para-hydroxylation sites is 1. The van der Waals surface area contributed by atoms with Gasteiger partial charge in [-0.1, -0.05) is 23.5 Å². The third-order valence-electron chi connectivity index (χ3n) is 4.06. The molecule has 0 saturated carbocycles. The molecule has 1 aromatic heterocycles. The van der Waals surface area contributed by atoms with Gasteiger partial charge >= 0.3 is 0 Å². The molecule has 23 heavy (non-hydrogen) atoms. The van der Waals surface area contributed by atoms with E-state index in [0.29, 0.717) is 32.7 Å². The Morgan fingerprint density at radius 2 is 1.83 bits per heavy atom. The molecule has 6 nitrogen and oxygen atoms in total. The fourth-order valence-corrected chi connectivity index (χ4v) is 3.59. The molecule has 0 N–H and O–H groups in total. The first-order chi connectivity index (χ1) is 11.0. The molecule has 1 aromatic carbocycles. The molecule has 2 amide bonds. The smallest absolute Gasteiger partial charge is 0.242 e. The van der Waals surface area contributed by atoms with Crippen molar-refractivity contribution in [3.63, 3.8) is 0 Å². The van der Waals surface area contributed by atoms with Crippen LogP contribution < -0.4 is 4.90 Å². The average Bonchev–Trinajstić information content (AvgIpc) is 2.99. The van der Waals surface area contributed by atoms with E-state index < -0.39 is 0 Å². The molecule has 2 heterocycles. The number of rotatable bonds is 3. The van der Waals surface area contributed by atoms with Gasteiger partial charge in [0.1, 0.15) is 0 Å². The molecule has 3 rings (SSSR count). The number of hydrogen-bond donors (Lipinski definition) is 0. The Morgan fingerprint density at radius 1 is 1.17 bits per heavy atom. The number of anilines is 1. The Hall–Kier alpha value is -2.15. The summed E-state index contributed by atoms with van der Waals surface area (Å²) in [5.74, 6) is 0.152. The summed E-state index contributed by atoms with van der Waals surface area (Å²) in [6, 6.07) is 7.97. The monoisotopic (exact) mass is 332 g/mol. The lowest BCUT2D eigenvalue weighted by Gasteiger charge is -2.35. The number of thiazole rings is 1. The lowest BCUT2D eigenvalue weighted by Crippen LogP contribution is -2.52. The Morgan fingerprint density at radius 3 is 2.48 bits per heavy atom. The van der Waals surface area contributed by atoms with Crippen LogP contribution in [0.15, 0.2) is 24.3 Å². The van der Waals surface area contributed by atoms with Crippen LogP contribution >= 0.6 is 11.3 Å². The number of hydrogen-bond acceptors (Lipinski definition) is 5. The number of amides is 2. The molecule has 0 aliphatic carbocycles. The highest BCUT2D eigenvalue weighted by Crippen LogP contribution is 2.27. The predicted molar refractivity (Wildman–Crippen MR) is 91.7 cm³/mol. The second kappa shape index (κ2) is 6.54. The molecule has 0 bridgehead atoms. The Balaban J connectivity index is 1.60. The first kappa shape index (κ1) is 15.7. The van der Waals surface area contributed by atoms with E-state index in [-0.39, 0.29) is 11.8 Å². The molecule has 0 unspecified atom stereocenters. The van der Waals surface area contributed by atoms with Gasteiger partial charge < -0.3 is 14.7 Å². The second-order valence-corrected chi connectivity index (χ2v) is 6.72. The van der Waals surface area contributed by atoms with Crippen LogP contribution in [-0.4, -0.2) is 66.4 Å². The zero-order valence-corrected chi connectivity index (χ0v) is 14.2.